The minimum Gasteiger partial charge on any atom is -0.356 e. The molecular weight excluding hydrogens is 230 g/mol. The topological polar surface area (TPSA) is 70.2 Å². The van der Waals surface area contributed by atoms with Crippen molar-refractivity contribution >= 4 is 11.8 Å². The van der Waals surface area contributed by atoms with Crippen LogP contribution in [0.15, 0.2) is 0 Å². The molecule has 1 unspecified atom stereocenters. The molecule has 1 aliphatic heterocycles. The molecule has 18 heavy (non-hydrogen) atoms. The third-order valence-electron chi connectivity index (χ3n) is 3.47. The van der Waals surface area contributed by atoms with E-state index in [-0.39, 0.29) is 17.2 Å². The van der Waals surface area contributed by atoms with Gasteiger partial charge in [0.15, 0.2) is 0 Å². The van der Waals surface area contributed by atoms with Gasteiger partial charge in [-0.2, -0.15) is 0 Å². The number of carbonyl (C=O) groups excluding carboxylic acids is 2. The Hall–Kier alpha value is -1.10. The Morgan fingerprint density at radius 3 is 2.61 bits per heavy atom. The van der Waals surface area contributed by atoms with Gasteiger partial charge in [0.05, 0.1) is 5.41 Å². The summed E-state index contributed by atoms with van der Waals surface area (Å²) >= 11 is 0. The molecule has 0 radical (unpaired) electrons. The van der Waals surface area contributed by atoms with Crippen LogP contribution in [-0.4, -0.2) is 38.0 Å². The normalized spacial score (nSPS) is 22.8. The molecule has 0 saturated carbocycles. The van der Waals surface area contributed by atoms with Crippen molar-refractivity contribution in [1.29, 1.82) is 0 Å². The van der Waals surface area contributed by atoms with Crippen molar-refractivity contribution in [3.8, 4) is 0 Å². The highest BCUT2D eigenvalue weighted by Gasteiger charge is 2.39. The summed E-state index contributed by atoms with van der Waals surface area (Å²) in [7, 11) is 0. The fourth-order valence-electron chi connectivity index (χ4n) is 2.51. The number of nitrogens with one attached hydrogen (secondary N) is 3. The van der Waals surface area contributed by atoms with Crippen molar-refractivity contribution in [3.05, 3.63) is 0 Å². The Morgan fingerprint density at radius 2 is 2.06 bits per heavy atom. The fourth-order valence-corrected chi connectivity index (χ4v) is 2.51. The molecule has 2 amide bonds. The largest absolute Gasteiger partial charge is 0.356 e. The summed E-state index contributed by atoms with van der Waals surface area (Å²) in [4.78, 5) is 23.5. The summed E-state index contributed by atoms with van der Waals surface area (Å²) in [6, 6.07) is 0. The standard InChI is InChI=1S/C13H25N3O2/c1-3-6-13(7-9-14-10-13)12(18)16-8-5-11(17)15-4-2/h14H,3-10H2,1-2H3,(H,15,17)(H,16,18). The summed E-state index contributed by atoms with van der Waals surface area (Å²) in [5.74, 6) is 0.0885. The lowest BCUT2D eigenvalue weighted by molar-refractivity contribution is -0.130. The molecule has 1 heterocycles. The maximum absolute atomic E-state index is 12.2. The number of amides is 2. The van der Waals surface area contributed by atoms with Crippen LogP contribution in [0.3, 0.4) is 0 Å². The van der Waals surface area contributed by atoms with Crippen LogP contribution in [0.2, 0.25) is 0 Å². The van der Waals surface area contributed by atoms with Crippen LogP contribution in [0.25, 0.3) is 0 Å². The summed E-state index contributed by atoms with van der Waals surface area (Å²) in [6.07, 6.45) is 3.17. The molecule has 5 nitrogen and oxygen atoms in total. The van der Waals surface area contributed by atoms with E-state index in [9.17, 15) is 9.59 Å². The molecule has 1 saturated heterocycles. The van der Waals surface area contributed by atoms with Crippen LogP contribution < -0.4 is 16.0 Å². The molecule has 0 aromatic carbocycles. The predicted molar refractivity (Wildman–Crippen MR) is 71.1 cm³/mol. The molecule has 0 aromatic heterocycles. The number of hydrogen-bond acceptors (Lipinski definition) is 3. The van der Waals surface area contributed by atoms with E-state index in [0.29, 0.717) is 19.5 Å². The van der Waals surface area contributed by atoms with Gasteiger partial charge in [-0.3, -0.25) is 9.59 Å². The predicted octanol–water partition coefficient (Wildman–Crippen LogP) is 0.409. The first kappa shape index (κ1) is 15.0. The molecule has 0 spiro atoms. The SMILES string of the molecule is CCCC1(C(=O)NCCC(=O)NCC)CCNC1. The van der Waals surface area contributed by atoms with E-state index in [2.05, 4.69) is 22.9 Å². The Balaban J connectivity index is 2.36. The Kier molecular flexibility index (Phi) is 6.12. The Bertz CT molecular complexity index is 286. The van der Waals surface area contributed by atoms with E-state index in [1.165, 1.54) is 0 Å². The van der Waals surface area contributed by atoms with Crippen molar-refractivity contribution < 1.29 is 9.59 Å². The minimum atomic E-state index is -0.254. The van der Waals surface area contributed by atoms with Gasteiger partial charge in [0, 0.05) is 26.1 Å². The van der Waals surface area contributed by atoms with Crippen molar-refractivity contribution in [2.24, 2.45) is 5.41 Å². The third kappa shape index (κ3) is 3.98. The van der Waals surface area contributed by atoms with Crippen LogP contribution >= 0.6 is 0 Å². The lowest BCUT2D eigenvalue weighted by atomic mass is 9.81. The molecule has 5 heteroatoms. The molecule has 1 rings (SSSR count). The highest BCUT2D eigenvalue weighted by atomic mass is 16.2. The Morgan fingerprint density at radius 1 is 1.28 bits per heavy atom. The first-order valence-corrected chi connectivity index (χ1v) is 6.90. The van der Waals surface area contributed by atoms with Crippen LogP contribution in [-0.2, 0) is 9.59 Å². The van der Waals surface area contributed by atoms with Gasteiger partial charge < -0.3 is 16.0 Å². The molecular formula is C13H25N3O2. The highest BCUT2D eigenvalue weighted by Crippen LogP contribution is 2.31. The van der Waals surface area contributed by atoms with E-state index in [1.807, 2.05) is 6.92 Å². The molecule has 0 aliphatic carbocycles. The summed E-state index contributed by atoms with van der Waals surface area (Å²) < 4.78 is 0. The zero-order chi connectivity index (χ0) is 13.4. The van der Waals surface area contributed by atoms with Crippen LogP contribution in [0, 0.1) is 5.41 Å². The monoisotopic (exact) mass is 255 g/mol. The van der Waals surface area contributed by atoms with Crippen molar-refractivity contribution in [3.63, 3.8) is 0 Å². The average molecular weight is 255 g/mol. The van der Waals surface area contributed by atoms with E-state index in [0.717, 1.165) is 32.4 Å². The molecule has 1 aliphatic rings. The summed E-state index contributed by atoms with van der Waals surface area (Å²) in [6.45, 7) is 6.71. The van der Waals surface area contributed by atoms with Gasteiger partial charge in [-0.25, -0.2) is 0 Å². The maximum atomic E-state index is 12.2. The van der Waals surface area contributed by atoms with E-state index in [1.54, 1.807) is 0 Å². The van der Waals surface area contributed by atoms with Gasteiger partial charge in [0.25, 0.3) is 0 Å². The minimum absolute atomic E-state index is 0.00751. The molecule has 104 valence electrons. The van der Waals surface area contributed by atoms with Crippen LogP contribution in [0.1, 0.15) is 39.5 Å². The maximum Gasteiger partial charge on any atom is 0.227 e. The second kappa shape index (κ2) is 7.36. The first-order valence-electron chi connectivity index (χ1n) is 6.90. The van der Waals surface area contributed by atoms with E-state index >= 15 is 0 Å². The average Bonchev–Trinajstić information content (AvgIpc) is 2.79. The van der Waals surface area contributed by atoms with Crippen molar-refractivity contribution in [2.75, 3.05) is 26.2 Å². The van der Waals surface area contributed by atoms with Crippen molar-refractivity contribution in [2.45, 2.75) is 39.5 Å². The molecule has 1 fully saturated rings. The molecule has 0 aromatic rings. The zero-order valence-electron chi connectivity index (χ0n) is 11.5. The van der Waals surface area contributed by atoms with Crippen molar-refractivity contribution in [1.82, 2.24) is 16.0 Å². The molecule has 3 N–H and O–H groups in total. The fraction of sp³-hybridized carbons (Fsp3) is 0.846. The Labute approximate surface area is 109 Å². The zero-order valence-corrected chi connectivity index (χ0v) is 11.5. The quantitative estimate of drug-likeness (QED) is 0.617. The number of carbonyl (C=O) groups is 2. The van der Waals surface area contributed by atoms with E-state index < -0.39 is 0 Å². The van der Waals surface area contributed by atoms with Gasteiger partial charge in [-0.05, 0) is 26.3 Å². The van der Waals surface area contributed by atoms with Gasteiger partial charge in [0.1, 0.15) is 0 Å². The smallest absolute Gasteiger partial charge is 0.227 e. The lowest BCUT2D eigenvalue weighted by Gasteiger charge is -2.26. The summed E-state index contributed by atoms with van der Waals surface area (Å²) in [5.41, 5.74) is -0.254. The molecule has 0 bridgehead atoms. The highest BCUT2D eigenvalue weighted by molar-refractivity contribution is 5.84. The second-order valence-electron chi connectivity index (χ2n) is 4.92. The number of rotatable bonds is 7. The second-order valence-corrected chi connectivity index (χ2v) is 4.92. The van der Waals surface area contributed by atoms with Gasteiger partial charge in [-0.1, -0.05) is 13.3 Å². The van der Waals surface area contributed by atoms with Crippen LogP contribution in [0.5, 0.6) is 0 Å². The van der Waals surface area contributed by atoms with E-state index in [4.69, 9.17) is 0 Å². The van der Waals surface area contributed by atoms with Crippen LogP contribution in [0.4, 0.5) is 0 Å². The summed E-state index contributed by atoms with van der Waals surface area (Å²) in [5, 5.41) is 8.88. The number of hydrogen-bond donors (Lipinski definition) is 3. The van der Waals surface area contributed by atoms with Gasteiger partial charge >= 0.3 is 0 Å². The lowest BCUT2D eigenvalue weighted by Crippen LogP contribution is -2.43. The third-order valence-corrected chi connectivity index (χ3v) is 3.47. The molecule has 1 atom stereocenters. The van der Waals surface area contributed by atoms with Gasteiger partial charge in [-0.15, -0.1) is 0 Å². The first-order chi connectivity index (χ1) is 8.64. The van der Waals surface area contributed by atoms with Gasteiger partial charge in [0.2, 0.25) is 11.8 Å².